The Kier molecular flexibility index (Phi) is 5.79. The number of H-pyrrole nitrogens is 2. The van der Waals surface area contributed by atoms with Crippen molar-refractivity contribution in [3.63, 3.8) is 0 Å². The van der Waals surface area contributed by atoms with Crippen LogP contribution in [0.1, 0.15) is 12.0 Å². The maximum absolute atomic E-state index is 13.5. The van der Waals surface area contributed by atoms with Crippen molar-refractivity contribution in [2.45, 2.75) is 6.42 Å². The van der Waals surface area contributed by atoms with Gasteiger partial charge in [-0.1, -0.05) is 17.7 Å². The number of anilines is 1. The molecule has 0 fully saturated rings. The van der Waals surface area contributed by atoms with Gasteiger partial charge < -0.3 is 5.32 Å². The van der Waals surface area contributed by atoms with Gasteiger partial charge in [-0.2, -0.15) is 5.10 Å². The van der Waals surface area contributed by atoms with Crippen LogP contribution in [0, 0.1) is 5.82 Å². The van der Waals surface area contributed by atoms with Gasteiger partial charge in [0.15, 0.2) is 0 Å². The largest absolute Gasteiger partial charge is 0.364 e. The van der Waals surface area contributed by atoms with E-state index >= 15 is 0 Å². The molecule has 0 aliphatic carbocycles. The Morgan fingerprint density at radius 2 is 2.21 bits per heavy atom. The molecule has 4 N–H and O–H groups in total. The summed E-state index contributed by atoms with van der Waals surface area (Å²) in [6, 6.07) is 4.16. The van der Waals surface area contributed by atoms with E-state index in [0.29, 0.717) is 0 Å². The molecule has 0 atom stereocenters. The number of rotatable bonds is 6. The molecule has 0 radical (unpaired) electrons. The summed E-state index contributed by atoms with van der Waals surface area (Å²) in [5, 5.41) is 11.9. The predicted molar refractivity (Wildman–Crippen MR) is 85.7 cm³/mol. The Bertz CT molecular complexity index is 858. The molecule has 0 unspecified atom stereocenters. The lowest BCUT2D eigenvalue weighted by Crippen LogP contribution is -2.28. The maximum atomic E-state index is 13.5. The smallest absolute Gasteiger partial charge is 0.342 e. The highest BCUT2D eigenvalue weighted by atomic mass is 35.5. The van der Waals surface area contributed by atoms with Crippen LogP contribution in [0.3, 0.4) is 0 Å². The minimum Gasteiger partial charge on any atom is -0.364 e. The van der Waals surface area contributed by atoms with Gasteiger partial charge in [-0.3, -0.25) is 14.6 Å². The van der Waals surface area contributed by atoms with Crippen LogP contribution in [-0.2, 0) is 4.79 Å². The number of carbonyl (C=O) groups is 1. The molecular weight excluding hydrogens is 343 g/mol. The lowest BCUT2D eigenvalue weighted by molar-refractivity contribution is -0.120. The molecule has 2 aromatic rings. The summed E-state index contributed by atoms with van der Waals surface area (Å²) in [4.78, 5) is 35.7. The van der Waals surface area contributed by atoms with Crippen molar-refractivity contribution >= 4 is 29.5 Å². The minimum absolute atomic E-state index is 0.0391. The predicted octanol–water partition coefficient (Wildman–Crippen LogP) is 0.203. The lowest BCUT2D eigenvalue weighted by atomic mass is 10.2. The molecule has 0 aliphatic rings. The van der Waals surface area contributed by atoms with Crippen LogP contribution >= 0.6 is 11.6 Å². The number of halogens is 2. The Morgan fingerprint density at radius 1 is 1.42 bits per heavy atom. The van der Waals surface area contributed by atoms with Gasteiger partial charge >= 0.3 is 5.69 Å². The van der Waals surface area contributed by atoms with Gasteiger partial charge in [0.25, 0.3) is 5.56 Å². The van der Waals surface area contributed by atoms with E-state index in [1.54, 1.807) is 0 Å². The van der Waals surface area contributed by atoms with Crippen molar-refractivity contribution in [2.24, 2.45) is 5.10 Å². The SMILES string of the molecule is O=C(CCNc1n[nH]c(=O)[nH]c1=O)NN=Cc1c(F)cccc1Cl. The van der Waals surface area contributed by atoms with Crippen LogP contribution in [0.15, 0.2) is 32.9 Å². The van der Waals surface area contributed by atoms with Crippen LogP contribution in [0.2, 0.25) is 5.02 Å². The van der Waals surface area contributed by atoms with E-state index < -0.39 is 23.0 Å². The maximum Gasteiger partial charge on any atom is 0.342 e. The number of aromatic amines is 2. The number of carbonyl (C=O) groups excluding carboxylic acids is 1. The minimum atomic E-state index is -0.732. The molecule has 1 aromatic heterocycles. The number of aromatic nitrogens is 3. The van der Waals surface area contributed by atoms with Crippen molar-refractivity contribution in [3.8, 4) is 0 Å². The molecule has 2 rings (SSSR count). The average Bonchev–Trinajstić information content (AvgIpc) is 2.52. The topological polar surface area (TPSA) is 132 Å². The van der Waals surface area contributed by atoms with Gasteiger partial charge in [-0.25, -0.2) is 19.7 Å². The van der Waals surface area contributed by atoms with E-state index in [1.165, 1.54) is 18.2 Å². The number of hydrazone groups is 1. The zero-order valence-electron chi connectivity index (χ0n) is 12.1. The number of benzene rings is 1. The Hall–Kier alpha value is -3.01. The molecule has 0 spiro atoms. The first kappa shape index (κ1) is 17.3. The zero-order valence-corrected chi connectivity index (χ0v) is 12.9. The molecule has 24 heavy (non-hydrogen) atoms. The van der Waals surface area contributed by atoms with Crippen LogP contribution < -0.4 is 22.0 Å². The second kappa shape index (κ2) is 8.02. The monoisotopic (exact) mass is 354 g/mol. The molecule has 0 bridgehead atoms. The van der Waals surface area contributed by atoms with Gasteiger partial charge in [0, 0.05) is 18.5 Å². The molecule has 0 saturated carbocycles. The highest BCUT2D eigenvalue weighted by Gasteiger charge is 2.05. The van der Waals surface area contributed by atoms with Gasteiger partial charge in [-0.05, 0) is 12.1 Å². The molecule has 0 aliphatic heterocycles. The molecular formula is C13H12ClFN6O3. The first-order valence-corrected chi connectivity index (χ1v) is 7.04. The third-order valence-corrected chi connectivity index (χ3v) is 3.07. The number of nitrogens with one attached hydrogen (secondary N) is 4. The molecule has 11 heteroatoms. The third-order valence-electron chi connectivity index (χ3n) is 2.74. The summed E-state index contributed by atoms with van der Waals surface area (Å²) < 4.78 is 13.5. The van der Waals surface area contributed by atoms with Crippen molar-refractivity contribution in [2.75, 3.05) is 11.9 Å². The second-order valence-corrected chi connectivity index (χ2v) is 4.87. The van der Waals surface area contributed by atoms with E-state index in [0.717, 1.165) is 6.21 Å². The summed E-state index contributed by atoms with van der Waals surface area (Å²) in [5.41, 5.74) is 0.819. The van der Waals surface area contributed by atoms with Crippen LogP contribution in [-0.4, -0.2) is 33.8 Å². The van der Waals surface area contributed by atoms with E-state index in [1.807, 2.05) is 10.1 Å². The van der Waals surface area contributed by atoms with Crippen molar-refractivity contribution < 1.29 is 9.18 Å². The molecule has 1 amide bonds. The number of hydrogen-bond donors (Lipinski definition) is 4. The summed E-state index contributed by atoms with van der Waals surface area (Å²) in [6.45, 7) is 0.0733. The molecule has 1 aromatic carbocycles. The summed E-state index contributed by atoms with van der Waals surface area (Å²) in [6.07, 6.45) is 1.06. The van der Waals surface area contributed by atoms with Crippen molar-refractivity contribution in [3.05, 3.63) is 55.4 Å². The zero-order chi connectivity index (χ0) is 17.5. The molecule has 9 nitrogen and oxygen atoms in total. The fourth-order valence-corrected chi connectivity index (χ4v) is 1.83. The van der Waals surface area contributed by atoms with Gasteiger partial charge in [0.1, 0.15) is 5.82 Å². The van der Waals surface area contributed by atoms with Crippen molar-refractivity contribution in [1.29, 1.82) is 0 Å². The first-order valence-electron chi connectivity index (χ1n) is 6.66. The normalized spacial score (nSPS) is 10.8. The third kappa shape index (κ3) is 4.74. The number of amides is 1. The van der Waals surface area contributed by atoms with Crippen LogP contribution in [0.5, 0.6) is 0 Å². The number of hydrogen-bond acceptors (Lipinski definition) is 6. The lowest BCUT2D eigenvalue weighted by Gasteiger charge is -2.03. The van der Waals surface area contributed by atoms with Crippen LogP contribution in [0.4, 0.5) is 10.2 Å². The van der Waals surface area contributed by atoms with E-state index in [4.69, 9.17) is 11.6 Å². The highest BCUT2D eigenvalue weighted by Crippen LogP contribution is 2.16. The quantitative estimate of drug-likeness (QED) is 0.434. The Balaban J connectivity index is 1.82. The summed E-state index contributed by atoms with van der Waals surface area (Å²) >= 11 is 5.80. The van der Waals surface area contributed by atoms with Gasteiger partial charge in [-0.15, -0.1) is 5.10 Å². The van der Waals surface area contributed by atoms with E-state index in [-0.39, 0.29) is 29.4 Å². The van der Waals surface area contributed by atoms with Gasteiger partial charge in [0.2, 0.25) is 11.7 Å². The second-order valence-electron chi connectivity index (χ2n) is 4.46. The van der Waals surface area contributed by atoms with E-state index in [2.05, 4.69) is 20.9 Å². The molecule has 0 saturated heterocycles. The Morgan fingerprint density at radius 3 is 2.92 bits per heavy atom. The van der Waals surface area contributed by atoms with Gasteiger partial charge in [0.05, 0.1) is 11.2 Å². The van der Waals surface area contributed by atoms with Crippen molar-refractivity contribution in [1.82, 2.24) is 20.6 Å². The Labute approximate surface area is 138 Å². The number of nitrogens with zero attached hydrogens (tertiary/aromatic N) is 2. The standard InChI is InChI=1S/C13H12ClFN6O3/c14-8-2-1-3-9(15)7(8)6-17-19-10(22)4-5-16-11-12(23)18-13(24)21-20-11/h1-3,6H,4-5H2,(H,16,20)(H,19,22)(H2,18,21,23,24). The first-order chi connectivity index (χ1) is 11.5. The average molecular weight is 355 g/mol. The summed E-state index contributed by atoms with van der Waals surface area (Å²) in [7, 11) is 0. The summed E-state index contributed by atoms with van der Waals surface area (Å²) in [5.74, 6) is -1.17. The highest BCUT2D eigenvalue weighted by molar-refractivity contribution is 6.33. The van der Waals surface area contributed by atoms with E-state index in [9.17, 15) is 18.8 Å². The fraction of sp³-hybridized carbons (Fsp3) is 0.154. The van der Waals surface area contributed by atoms with Crippen LogP contribution in [0.25, 0.3) is 0 Å². The molecule has 1 heterocycles. The molecule has 126 valence electrons. The fourth-order valence-electron chi connectivity index (χ4n) is 1.62.